The highest BCUT2D eigenvalue weighted by atomic mass is 16.5. The maximum absolute atomic E-state index is 13.1. The van der Waals surface area contributed by atoms with Gasteiger partial charge in [-0.15, -0.1) is 0 Å². The number of rotatable bonds is 8. The highest BCUT2D eigenvalue weighted by Crippen LogP contribution is 2.21. The molecule has 0 aliphatic rings. The highest BCUT2D eigenvalue weighted by Gasteiger charge is 2.23. The number of carbonyl (C=O) groups excluding carboxylic acids is 1. The van der Waals surface area contributed by atoms with E-state index in [2.05, 4.69) is 5.10 Å². The summed E-state index contributed by atoms with van der Waals surface area (Å²) in [5.74, 6) is 0.636. The Kier molecular flexibility index (Phi) is 7.01. The molecule has 0 aliphatic carbocycles. The van der Waals surface area contributed by atoms with Gasteiger partial charge in [0.15, 0.2) is 0 Å². The third-order valence-corrected chi connectivity index (χ3v) is 4.92. The second-order valence-corrected chi connectivity index (χ2v) is 6.97. The van der Waals surface area contributed by atoms with Gasteiger partial charge in [0.25, 0.3) is 5.56 Å². The van der Waals surface area contributed by atoms with Gasteiger partial charge >= 0.3 is 0 Å². The molecule has 0 spiro atoms. The smallest absolute Gasteiger partial charge is 0.267 e. The predicted octanol–water partition coefficient (Wildman–Crippen LogP) is 3.92. The van der Waals surface area contributed by atoms with E-state index in [9.17, 15) is 9.59 Å². The van der Waals surface area contributed by atoms with Crippen LogP contribution < -0.4 is 10.3 Å². The molecular weight excluding hydrogens is 378 g/mol. The molecule has 3 aromatic rings. The van der Waals surface area contributed by atoms with E-state index in [0.29, 0.717) is 25.4 Å². The van der Waals surface area contributed by atoms with Crippen molar-refractivity contribution >= 4 is 5.91 Å². The number of hydrogen-bond acceptors (Lipinski definition) is 4. The minimum absolute atomic E-state index is 0.139. The quantitative estimate of drug-likeness (QED) is 0.570. The molecular formula is C24H27N3O3. The first-order chi connectivity index (χ1) is 14.5. The summed E-state index contributed by atoms with van der Waals surface area (Å²) in [6, 6.07) is 19.7. The summed E-state index contributed by atoms with van der Waals surface area (Å²) in [5, 5.41) is 4.48. The van der Waals surface area contributed by atoms with Crippen molar-refractivity contribution in [3.63, 3.8) is 0 Å². The number of amides is 1. The molecule has 1 unspecified atom stereocenters. The summed E-state index contributed by atoms with van der Waals surface area (Å²) < 4.78 is 6.74. The fraction of sp³-hybridized carbons (Fsp3) is 0.292. The average molecular weight is 405 g/mol. The van der Waals surface area contributed by atoms with E-state index in [4.69, 9.17) is 4.74 Å². The van der Waals surface area contributed by atoms with Gasteiger partial charge < -0.3 is 9.64 Å². The molecule has 1 atom stereocenters. The molecule has 0 N–H and O–H groups in total. The molecule has 1 amide bonds. The lowest BCUT2D eigenvalue weighted by atomic mass is 10.1. The maximum atomic E-state index is 13.1. The molecule has 2 aromatic carbocycles. The molecule has 0 fully saturated rings. The fourth-order valence-corrected chi connectivity index (χ4v) is 3.26. The van der Waals surface area contributed by atoms with Gasteiger partial charge in [-0.3, -0.25) is 9.59 Å². The van der Waals surface area contributed by atoms with Crippen molar-refractivity contribution in [1.29, 1.82) is 0 Å². The summed E-state index contributed by atoms with van der Waals surface area (Å²) in [6.45, 7) is 7.21. The molecule has 30 heavy (non-hydrogen) atoms. The normalized spacial score (nSPS) is 11.7. The molecule has 6 heteroatoms. The molecule has 3 rings (SSSR count). The summed E-state index contributed by atoms with van der Waals surface area (Å²) in [4.78, 5) is 27.3. The number of hydrogen-bond donors (Lipinski definition) is 0. The second kappa shape index (κ2) is 9.87. The fourth-order valence-electron chi connectivity index (χ4n) is 3.26. The van der Waals surface area contributed by atoms with Crippen molar-refractivity contribution in [3.8, 4) is 17.0 Å². The van der Waals surface area contributed by atoms with Crippen LogP contribution in [-0.2, 0) is 11.3 Å². The first kappa shape index (κ1) is 21.3. The molecule has 0 radical (unpaired) electrons. The van der Waals surface area contributed by atoms with E-state index < -0.39 is 6.04 Å². The summed E-state index contributed by atoms with van der Waals surface area (Å²) in [7, 11) is 0. The first-order valence-electron chi connectivity index (χ1n) is 10.2. The van der Waals surface area contributed by atoms with Crippen LogP contribution in [0, 0.1) is 0 Å². The molecule has 1 heterocycles. The monoisotopic (exact) mass is 405 g/mol. The van der Waals surface area contributed by atoms with E-state index in [1.54, 1.807) is 17.9 Å². The Balaban J connectivity index is 1.84. The van der Waals surface area contributed by atoms with E-state index >= 15 is 0 Å². The Labute approximate surface area is 176 Å². The van der Waals surface area contributed by atoms with Gasteiger partial charge in [-0.2, -0.15) is 5.10 Å². The lowest BCUT2D eigenvalue weighted by Crippen LogP contribution is -2.39. The van der Waals surface area contributed by atoms with Crippen LogP contribution in [0.5, 0.6) is 5.75 Å². The minimum atomic E-state index is -0.705. The highest BCUT2D eigenvalue weighted by molar-refractivity contribution is 5.80. The second-order valence-electron chi connectivity index (χ2n) is 6.97. The van der Waals surface area contributed by atoms with Crippen molar-refractivity contribution in [2.75, 3.05) is 13.2 Å². The van der Waals surface area contributed by atoms with Crippen LogP contribution >= 0.6 is 0 Å². The molecule has 0 saturated carbocycles. The van der Waals surface area contributed by atoms with E-state index in [1.165, 1.54) is 10.7 Å². The molecule has 6 nitrogen and oxygen atoms in total. The largest absolute Gasteiger partial charge is 0.494 e. The molecule has 156 valence electrons. The Bertz CT molecular complexity index is 1030. The first-order valence-corrected chi connectivity index (χ1v) is 10.2. The van der Waals surface area contributed by atoms with E-state index in [-0.39, 0.29) is 11.5 Å². The number of nitrogens with zero attached hydrogens (tertiary/aromatic N) is 3. The van der Waals surface area contributed by atoms with Crippen LogP contribution in [0.3, 0.4) is 0 Å². The Morgan fingerprint density at radius 2 is 1.73 bits per heavy atom. The zero-order chi connectivity index (χ0) is 21.5. The lowest BCUT2D eigenvalue weighted by Gasteiger charge is -2.25. The van der Waals surface area contributed by atoms with Crippen molar-refractivity contribution in [2.45, 2.75) is 33.4 Å². The molecule has 0 aliphatic heterocycles. The topological polar surface area (TPSA) is 64.4 Å². The number of likely N-dealkylation sites (N-methyl/N-ethyl adjacent to an activating group) is 1. The van der Waals surface area contributed by atoms with Gasteiger partial charge in [-0.25, -0.2) is 4.68 Å². The Morgan fingerprint density at radius 1 is 1.03 bits per heavy atom. The molecule has 0 bridgehead atoms. The van der Waals surface area contributed by atoms with Gasteiger partial charge in [0.2, 0.25) is 5.91 Å². The van der Waals surface area contributed by atoms with Crippen molar-refractivity contribution in [3.05, 3.63) is 82.6 Å². The minimum Gasteiger partial charge on any atom is -0.494 e. The maximum Gasteiger partial charge on any atom is 0.267 e. The van der Waals surface area contributed by atoms with Crippen LogP contribution in [0.1, 0.15) is 32.4 Å². The van der Waals surface area contributed by atoms with Gasteiger partial charge in [0.05, 0.1) is 12.3 Å². The number of carbonyl (C=O) groups is 1. The average Bonchev–Trinajstić information content (AvgIpc) is 2.78. The van der Waals surface area contributed by atoms with E-state index in [0.717, 1.165) is 16.9 Å². The van der Waals surface area contributed by atoms with Crippen LogP contribution in [0.4, 0.5) is 0 Å². The third kappa shape index (κ3) is 4.95. The third-order valence-electron chi connectivity index (χ3n) is 4.92. The SMILES string of the molecule is CCOc1ccc(-c2ccc(=O)n(C(C)C(=O)N(CC)Cc3ccccc3)n2)cc1. The van der Waals surface area contributed by atoms with Crippen molar-refractivity contribution in [2.24, 2.45) is 0 Å². The Hall–Kier alpha value is -3.41. The van der Waals surface area contributed by atoms with Gasteiger partial charge in [-0.1, -0.05) is 30.3 Å². The van der Waals surface area contributed by atoms with Crippen LogP contribution in [-0.4, -0.2) is 33.7 Å². The van der Waals surface area contributed by atoms with Crippen LogP contribution in [0.25, 0.3) is 11.3 Å². The van der Waals surface area contributed by atoms with Crippen LogP contribution in [0.2, 0.25) is 0 Å². The number of benzene rings is 2. The van der Waals surface area contributed by atoms with Crippen molar-refractivity contribution < 1.29 is 9.53 Å². The Morgan fingerprint density at radius 3 is 2.37 bits per heavy atom. The summed E-state index contributed by atoms with van der Waals surface area (Å²) in [5.41, 5.74) is 2.22. The predicted molar refractivity (Wildman–Crippen MR) is 117 cm³/mol. The number of aromatic nitrogens is 2. The van der Waals surface area contributed by atoms with E-state index in [1.807, 2.05) is 68.4 Å². The summed E-state index contributed by atoms with van der Waals surface area (Å²) >= 11 is 0. The zero-order valence-corrected chi connectivity index (χ0v) is 17.6. The van der Waals surface area contributed by atoms with Gasteiger partial charge in [0.1, 0.15) is 11.8 Å². The zero-order valence-electron chi connectivity index (χ0n) is 17.6. The standard InChI is InChI=1S/C24H27N3O3/c1-4-26(17-19-9-7-6-8-10-19)24(29)18(3)27-23(28)16-15-22(25-27)20-11-13-21(14-12-20)30-5-2/h6-16,18H,4-5,17H2,1-3H3. The van der Waals surface area contributed by atoms with Crippen LogP contribution in [0.15, 0.2) is 71.5 Å². The summed E-state index contributed by atoms with van der Waals surface area (Å²) in [6.07, 6.45) is 0. The lowest BCUT2D eigenvalue weighted by molar-refractivity contribution is -0.135. The van der Waals surface area contributed by atoms with Gasteiger partial charge in [0, 0.05) is 24.7 Å². The number of ether oxygens (including phenoxy) is 1. The van der Waals surface area contributed by atoms with Crippen molar-refractivity contribution in [1.82, 2.24) is 14.7 Å². The molecule has 1 aromatic heterocycles. The van der Waals surface area contributed by atoms with Gasteiger partial charge in [-0.05, 0) is 56.7 Å². The molecule has 0 saturated heterocycles.